The predicted molar refractivity (Wildman–Crippen MR) is 85.0 cm³/mol. The Balaban J connectivity index is 1.70. The van der Waals surface area contributed by atoms with Crippen molar-refractivity contribution in [2.45, 2.75) is 12.5 Å². The van der Waals surface area contributed by atoms with Crippen LogP contribution in [0.15, 0.2) is 47.1 Å². The average Bonchev–Trinajstić information content (AvgIpc) is 3.23. The van der Waals surface area contributed by atoms with Gasteiger partial charge in [0, 0.05) is 19.6 Å². The Bertz CT molecular complexity index is 718. The Morgan fingerprint density at radius 1 is 1.38 bits per heavy atom. The molecule has 2 aromatic rings. The lowest BCUT2D eigenvalue weighted by Crippen LogP contribution is -2.46. The van der Waals surface area contributed by atoms with Crippen LogP contribution in [0.4, 0.5) is 9.18 Å². The third-order valence-corrected chi connectivity index (χ3v) is 3.93. The van der Waals surface area contributed by atoms with Gasteiger partial charge in [0.1, 0.15) is 5.82 Å². The fourth-order valence-corrected chi connectivity index (χ4v) is 2.77. The minimum Gasteiger partial charge on any atom is -0.459 e. The van der Waals surface area contributed by atoms with Crippen molar-refractivity contribution < 1.29 is 18.4 Å². The second-order valence-electron chi connectivity index (χ2n) is 5.60. The number of nitrogens with one attached hydrogen (secondary N) is 2. The van der Waals surface area contributed by atoms with Gasteiger partial charge < -0.3 is 20.0 Å². The first-order valence-electron chi connectivity index (χ1n) is 7.74. The van der Waals surface area contributed by atoms with Crippen molar-refractivity contribution in [2.75, 3.05) is 19.6 Å². The zero-order valence-corrected chi connectivity index (χ0v) is 13.0. The Labute approximate surface area is 138 Å². The van der Waals surface area contributed by atoms with Crippen molar-refractivity contribution in [1.29, 1.82) is 0 Å². The number of nitrogens with zero attached hydrogens (tertiary/aromatic N) is 1. The molecule has 7 heteroatoms. The predicted octanol–water partition coefficient (Wildman–Crippen LogP) is 1.78. The summed E-state index contributed by atoms with van der Waals surface area (Å²) in [6.45, 7) is 1.36. The molecule has 3 amide bonds. The quantitative estimate of drug-likeness (QED) is 0.847. The van der Waals surface area contributed by atoms with E-state index in [1.807, 2.05) is 0 Å². The molecule has 6 nitrogen and oxygen atoms in total. The second-order valence-corrected chi connectivity index (χ2v) is 5.60. The Kier molecular flexibility index (Phi) is 4.79. The van der Waals surface area contributed by atoms with Crippen LogP contribution in [0, 0.1) is 5.82 Å². The highest BCUT2D eigenvalue weighted by Gasteiger charge is 2.28. The van der Waals surface area contributed by atoms with Crippen LogP contribution in [0.5, 0.6) is 0 Å². The van der Waals surface area contributed by atoms with Gasteiger partial charge in [-0.15, -0.1) is 0 Å². The SMILES string of the molecule is O=C(NCC(Cc1cccc(F)c1)N1CCNC1=O)c1ccco1. The molecule has 0 radical (unpaired) electrons. The number of hydrogen-bond acceptors (Lipinski definition) is 3. The number of amides is 3. The molecule has 1 aromatic heterocycles. The number of furan rings is 1. The zero-order valence-electron chi connectivity index (χ0n) is 13.0. The minimum atomic E-state index is -0.344. The first-order chi connectivity index (χ1) is 11.6. The summed E-state index contributed by atoms with van der Waals surface area (Å²) in [6.07, 6.45) is 1.87. The summed E-state index contributed by atoms with van der Waals surface area (Å²) in [5.74, 6) is -0.453. The van der Waals surface area contributed by atoms with Crippen LogP contribution in [-0.2, 0) is 6.42 Å². The van der Waals surface area contributed by atoms with Gasteiger partial charge in [-0.2, -0.15) is 0 Å². The molecule has 2 heterocycles. The van der Waals surface area contributed by atoms with E-state index >= 15 is 0 Å². The Morgan fingerprint density at radius 2 is 2.25 bits per heavy atom. The number of carbonyl (C=O) groups is 2. The van der Waals surface area contributed by atoms with E-state index < -0.39 is 0 Å². The van der Waals surface area contributed by atoms with E-state index in [0.717, 1.165) is 5.56 Å². The molecule has 1 unspecified atom stereocenters. The molecular formula is C17H18FN3O3. The van der Waals surface area contributed by atoms with E-state index in [-0.39, 0.29) is 36.1 Å². The first kappa shape index (κ1) is 16.0. The summed E-state index contributed by atoms with van der Waals surface area (Å²) in [5.41, 5.74) is 0.770. The lowest BCUT2D eigenvalue weighted by molar-refractivity contribution is 0.0912. The van der Waals surface area contributed by atoms with Gasteiger partial charge in [0.15, 0.2) is 5.76 Å². The molecule has 0 spiro atoms. The maximum absolute atomic E-state index is 13.4. The normalized spacial score (nSPS) is 15.2. The molecule has 1 atom stereocenters. The van der Waals surface area contributed by atoms with Crippen molar-refractivity contribution in [3.8, 4) is 0 Å². The van der Waals surface area contributed by atoms with Crippen LogP contribution in [0.3, 0.4) is 0 Å². The molecule has 1 aliphatic rings. The second kappa shape index (κ2) is 7.16. The maximum atomic E-state index is 13.4. The first-order valence-corrected chi connectivity index (χ1v) is 7.74. The van der Waals surface area contributed by atoms with E-state index in [2.05, 4.69) is 10.6 Å². The number of urea groups is 1. The van der Waals surface area contributed by atoms with Gasteiger partial charge in [-0.05, 0) is 36.2 Å². The standard InChI is InChI=1S/C17H18FN3O3/c18-13-4-1-3-12(9-13)10-14(21-7-6-19-17(21)23)11-20-16(22)15-5-2-8-24-15/h1-5,8-9,14H,6-7,10-11H2,(H,19,23)(H,20,22). The van der Waals surface area contributed by atoms with Crippen molar-refractivity contribution in [2.24, 2.45) is 0 Å². The summed E-state index contributed by atoms with van der Waals surface area (Å²) < 4.78 is 18.5. The number of rotatable bonds is 6. The molecule has 0 saturated carbocycles. The van der Waals surface area contributed by atoms with Gasteiger partial charge in [0.25, 0.3) is 5.91 Å². The van der Waals surface area contributed by atoms with Gasteiger partial charge in [0.05, 0.1) is 12.3 Å². The number of halogens is 1. The molecule has 126 valence electrons. The van der Waals surface area contributed by atoms with Crippen molar-refractivity contribution in [3.63, 3.8) is 0 Å². The van der Waals surface area contributed by atoms with Crippen LogP contribution in [-0.4, -0.2) is 42.5 Å². The number of benzene rings is 1. The summed E-state index contributed by atoms with van der Waals surface area (Å²) in [5, 5.41) is 5.51. The lowest BCUT2D eigenvalue weighted by Gasteiger charge is -2.27. The van der Waals surface area contributed by atoms with Crippen LogP contribution >= 0.6 is 0 Å². The molecule has 3 rings (SSSR count). The van der Waals surface area contributed by atoms with E-state index in [9.17, 15) is 14.0 Å². The van der Waals surface area contributed by atoms with Gasteiger partial charge in [0.2, 0.25) is 0 Å². The smallest absolute Gasteiger partial charge is 0.317 e. The largest absolute Gasteiger partial charge is 0.459 e. The fourth-order valence-electron chi connectivity index (χ4n) is 2.77. The number of carbonyl (C=O) groups excluding carboxylic acids is 2. The minimum absolute atomic E-state index is 0.177. The van der Waals surface area contributed by atoms with Gasteiger partial charge in [-0.25, -0.2) is 9.18 Å². The van der Waals surface area contributed by atoms with Crippen molar-refractivity contribution in [3.05, 3.63) is 59.8 Å². The van der Waals surface area contributed by atoms with Crippen LogP contribution in [0.2, 0.25) is 0 Å². The summed E-state index contributed by atoms with van der Waals surface area (Å²) in [7, 11) is 0. The van der Waals surface area contributed by atoms with Crippen LogP contribution in [0.1, 0.15) is 16.1 Å². The molecule has 2 N–H and O–H groups in total. The lowest BCUT2D eigenvalue weighted by atomic mass is 10.0. The van der Waals surface area contributed by atoms with E-state index in [1.54, 1.807) is 29.2 Å². The zero-order chi connectivity index (χ0) is 16.9. The third kappa shape index (κ3) is 3.73. The topological polar surface area (TPSA) is 74.6 Å². The highest BCUT2D eigenvalue weighted by molar-refractivity contribution is 5.91. The van der Waals surface area contributed by atoms with E-state index in [0.29, 0.717) is 19.5 Å². The molecule has 1 aromatic carbocycles. The average molecular weight is 331 g/mol. The van der Waals surface area contributed by atoms with Gasteiger partial charge in [-0.1, -0.05) is 12.1 Å². The molecule has 0 bridgehead atoms. The molecule has 1 aliphatic heterocycles. The van der Waals surface area contributed by atoms with Crippen molar-refractivity contribution >= 4 is 11.9 Å². The molecule has 0 aliphatic carbocycles. The van der Waals surface area contributed by atoms with Gasteiger partial charge in [-0.3, -0.25) is 4.79 Å². The summed E-state index contributed by atoms with van der Waals surface area (Å²) in [6, 6.07) is 9.00. The highest BCUT2D eigenvalue weighted by atomic mass is 19.1. The maximum Gasteiger partial charge on any atom is 0.317 e. The number of hydrogen-bond donors (Lipinski definition) is 2. The van der Waals surface area contributed by atoms with Crippen molar-refractivity contribution in [1.82, 2.24) is 15.5 Å². The van der Waals surface area contributed by atoms with Crippen LogP contribution < -0.4 is 10.6 Å². The van der Waals surface area contributed by atoms with Gasteiger partial charge >= 0.3 is 6.03 Å². The van der Waals surface area contributed by atoms with Crippen LogP contribution in [0.25, 0.3) is 0 Å². The molecular weight excluding hydrogens is 313 g/mol. The Hall–Kier alpha value is -2.83. The molecule has 24 heavy (non-hydrogen) atoms. The van der Waals surface area contributed by atoms with E-state index in [4.69, 9.17) is 4.42 Å². The molecule has 1 fully saturated rings. The van der Waals surface area contributed by atoms with E-state index in [1.165, 1.54) is 18.4 Å². The Morgan fingerprint density at radius 3 is 2.92 bits per heavy atom. The third-order valence-electron chi connectivity index (χ3n) is 3.93. The molecule has 1 saturated heterocycles. The summed E-state index contributed by atoms with van der Waals surface area (Å²) in [4.78, 5) is 25.6. The summed E-state index contributed by atoms with van der Waals surface area (Å²) >= 11 is 0. The monoisotopic (exact) mass is 331 g/mol. The highest BCUT2D eigenvalue weighted by Crippen LogP contribution is 2.13. The fraction of sp³-hybridized carbons (Fsp3) is 0.294.